The Morgan fingerprint density at radius 2 is 2.00 bits per heavy atom. The van der Waals surface area contributed by atoms with Crippen molar-refractivity contribution >= 4 is 10.9 Å². The molecule has 4 nitrogen and oxygen atoms in total. The standard InChI is InChI=1S/C19H21N3O/c23-12-13-5-4-8-15(11-13)18-17-16(9-10-20-18)21-22-19(17)14-6-2-1-3-7-14/h4-5,8-11,14,23H,1-3,6-7,12H2,(H,21,22). The van der Waals surface area contributed by atoms with E-state index in [0.717, 1.165) is 27.7 Å². The van der Waals surface area contributed by atoms with Crippen LogP contribution in [0.25, 0.3) is 22.2 Å². The van der Waals surface area contributed by atoms with Crippen molar-refractivity contribution in [3.8, 4) is 11.3 Å². The molecule has 2 heterocycles. The van der Waals surface area contributed by atoms with Crippen LogP contribution in [0.4, 0.5) is 0 Å². The van der Waals surface area contributed by atoms with E-state index in [2.05, 4.69) is 21.2 Å². The van der Waals surface area contributed by atoms with Gasteiger partial charge < -0.3 is 5.11 Å². The molecule has 0 saturated heterocycles. The van der Waals surface area contributed by atoms with Crippen LogP contribution in [0.5, 0.6) is 0 Å². The van der Waals surface area contributed by atoms with Gasteiger partial charge in [-0.15, -0.1) is 0 Å². The lowest BCUT2D eigenvalue weighted by Gasteiger charge is -2.21. The van der Waals surface area contributed by atoms with E-state index in [1.807, 2.05) is 30.5 Å². The largest absolute Gasteiger partial charge is 0.392 e. The summed E-state index contributed by atoms with van der Waals surface area (Å²) in [7, 11) is 0. The van der Waals surface area contributed by atoms with Gasteiger partial charge in [0.15, 0.2) is 0 Å². The first-order valence-electron chi connectivity index (χ1n) is 8.40. The van der Waals surface area contributed by atoms with E-state index in [9.17, 15) is 5.11 Å². The lowest BCUT2D eigenvalue weighted by Crippen LogP contribution is -2.05. The quantitative estimate of drug-likeness (QED) is 0.763. The van der Waals surface area contributed by atoms with E-state index >= 15 is 0 Å². The Morgan fingerprint density at radius 3 is 2.83 bits per heavy atom. The SMILES string of the molecule is OCc1cccc(-c2nccc3n[nH]c(C4CCCCC4)c23)c1. The molecule has 118 valence electrons. The second-order valence-corrected chi connectivity index (χ2v) is 6.38. The van der Waals surface area contributed by atoms with E-state index in [0.29, 0.717) is 5.92 Å². The van der Waals surface area contributed by atoms with Crippen molar-refractivity contribution in [2.75, 3.05) is 0 Å². The van der Waals surface area contributed by atoms with Crippen LogP contribution in [0.15, 0.2) is 36.5 Å². The maximum Gasteiger partial charge on any atom is 0.0961 e. The number of benzene rings is 1. The van der Waals surface area contributed by atoms with E-state index in [1.54, 1.807) is 0 Å². The Kier molecular flexibility index (Phi) is 3.83. The van der Waals surface area contributed by atoms with Crippen LogP contribution in [0.1, 0.15) is 49.3 Å². The molecule has 0 atom stereocenters. The van der Waals surface area contributed by atoms with Gasteiger partial charge >= 0.3 is 0 Å². The maximum atomic E-state index is 9.40. The molecule has 23 heavy (non-hydrogen) atoms. The fourth-order valence-electron chi connectivity index (χ4n) is 3.71. The highest BCUT2D eigenvalue weighted by molar-refractivity contribution is 5.94. The Balaban J connectivity index is 1.87. The summed E-state index contributed by atoms with van der Waals surface area (Å²) in [5.41, 5.74) is 5.12. The Morgan fingerprint density at radius 1 is 1.13 bits per heavy atom. The molecule has 2 N–H and O–H groups in total. The molecular formula is C19H21N3O. The number of nitrogens with zero attached hydrogens (tertiary/aromatic N) is 2. The normalized spacial score (nSPS) is 16.0. The van der Waals surface area contributed by atoms with Gasteiger partial charge in [0.05, 0.1) is 17.8 Å². The van der Waals surface area contributed by atoms with Crippen molar-refractivity contribution in [3.05, 3.63) is 47.8 Å². The molecule has 0 unspecified atom stereocenters. The van der Waals surface area contributed by atoms with E-state index in [4.69, 9.17) is 0 Å². The summed E-state index contributed by atoms with van der Waals surface area (Å²) in [5, 5.41) is 18.3. The molecule has 4 heteroatoms. The van der Waals surface area contributed by atoms with Crippen LogP contribution < -0.4 is 0 Å². The molecule has 1 aliphatic rings. The summed E-state index contributed by atoms with van der Waals surface area (Å²) in [4.78, 5) is 4.64. The third kappa shape index (κ3) is 2.63. The molecule has 0 bridgehead atoms. The van der Waals surface area contributed by atoms with E-state index < -0.39 is 0 Å². The van der Waals surface area contributed by atoms with Crippen LogP contribution in [0.2, 0.25) is 0 Å². The second kappa shape index (κ2) is 6.13. The van der Waals surface area contributed by atoms with E-state index in [1.165, 1.54) is 37.8 Å². The van der Waals surface area contributed by atoms with Gasteiger partial charge in [-0.05, 0) is 30.5 Å². The summed E-state index contributed by atoms with van der Waals surface area (Å²) in [6.07, 6.45) is 8.19. The van der Waals surface area contributed by atoms with Crippen molar-refractivity contribution in [2.45, 2.75) is 44.6 Å². The van der Waals surface area contributed by atoms with Gasteiger partial charge in [0.2, 0.25) is 0 Å². The smallest absolute Gasteiger partial charge is 0.0961 e. The highest BCUT2D eigenvalue weighted by Crippen LogP contribution is 2.38. The van der Waals surface area contributed by atoms with Crippen molar-refractivity contribution in [2.24, 2.45) is 0 Å². The number of hydrogen-bond acceptors (Lipinski definition) is 3. The van der Waals surface area contributed by atoms with Crippen LogP contribution >= 0.6 is 0 Å². The fraction of sp³-hybridized carbons (Fsp3) is 0.368. The number of H-pyrrole nitrogens is 1. The highest BCUT2D eigenvalue weighted by atomic mass is 16.3. The van der Waals surface area contributed by atoms with Crippen molar-refractivity contribution < 1.29 is 5.11 Å². The third-order valence-corrected chi connectivity index (χ3v) is 4.89. The predicted octanol–water partition coefficient (Wildman–Crippen LogP) is 4.16. The minimum absolute atomic E-state index is 0.0463. The number of aromatic nitrogens is 3. The monoisotopic (exact) mass is 307 g/mol. The summed E-state index contributed by atoms with van der Waals surface area (Å²) in [5.74, 6) is 0.553. The van der Waals surface area contributed by atoms with Gasteiger partial charge in [-0.2, -0.15) is 5.10 Å². The highest BCUT2D eigenvalue weighted by Gasteiger charge is 2.22. The van der Waals surface area contributed by atoms with Gasteiger partial charge in [-0.25, -0.2) is 0 Å². The lowest BCUT2D eigenvalue weighted by molar-refractivity contribution is 0.282. The molecule has 1 aromatic carbocycles. The maximum absolute atomic E-state index is 9.40. The van der Waals surface area contributed by atoms with Gasteiger partial charge in [-0.1, -0.05) is 37.5 Å². The summed E-state index contributed by atoms with van der Waals surface area (Å²) >= 11 is 0. The lowest BCUT2D eigenvalue weighted by atomic mass is 9.85. The molecule has 0 aliphatic heterocycles. The van der Waals surface area contributed by atoms with Gasteiger partial charge in [0, 0.05) is 28.8 Å². The number of fused-ring (bicyclic) bond motifs is 1. The molecule has 0 spiro atoms. The molecule has 1 aliphatic carbocycles. The molecule has 0 amide bonds. The number of aliphatic hydroxyl groups is 1. The molecule has 0 radical (unpaired) electrons. The summed E-state index contributed by atoms with van der Waals surface area (Å²) < 4.78 is 0. The van der Waals surface area contributed by atoms with Crippen LogP contribution in [-0.4, -0.2) is 20.3 Å². The number of aromatic amines is 1. The third-order valence-electron chi connectivity index (χ3n) is 4.89. The molecule has 4 rings (SSSR count). The summed E-state index contributed by atoms with van der Waals surface area (Å²) in [6, 6.07) is 9.94. The Bertz CT molecular complexity index is 818. The average molecular weight is 307 g/mol. The zero-order chi connectivity index (χ0) is 15.6. The number of hydrogen-bond donors (Lipinski definition) is 2. The van der Waals surface area contributed by atoms with Gasteiger partial charge in [0.1, 0.15) is 0 Å². The molecular weight excluding hydrogens is 286 g/mol. The van der Waals surface area contributed by atoms with Crippen molar-refractivity contribution in [1.29, 1.82) is 0 Å². The van der Waals surface area contributed by atoms with Crippen LogP contribution in [-0.2, 0) is 6.61 Å². The minimum Gasteiger partial charge on any atom is -0.392 e. The predicted molar refractivity (Wildman–Crippen MR) is 91.1 cm³/mol. The van der Waals surface area contributed by atoms with Crippen molar-refractivity contribution in [3.63, 3.8) is 0 Å². The Hall–Kier alpha value is -2.20. The van der Waals surface area contributed by atoms with E-state index in [-0.39, 0.29) is 6.61 Å². The number of pyridine rings is 1. The number of nitrogens with one attached hydrogen (secondary N) is 1. The molecule has 1 saturated carbocycles. The van der Waals surface area contributed by atoms with Crippen LogP contribution in [0, 0.1) is 0 Å². The second-order valence-electron chi connectivity index (χ2n) is 6.38. The fourth-order valence-corrected chi connectivity index (χ4v) is 3.71. The van der Waals surface area contributed by atoms with Crippen molar-refractivity contribution in [1.82, 2.24) is 15.2 Å². The first-order valence-corrected chi connectivity index (χ1v) is 8.40. The van der Waals surface area contributed by atoms with Crippen LogP contribution in [0.3, 0.4) is 0 Å². The zero-order valence-corrected chi connectivity index (χ0v) is 13.1. The topological polar surface area (TPSA) is 61.8 Å². The minimum atomic E-state index is 0.0463. The zero-order valence-electron chi connectivity index (χ0n) is 13.1. The first kappa shape index (κ1) is 14.4. The van der Waals surface area contributed by atoms with Gasteiger partial charge in [-0.3, -0.25) is 10.1 Å². The molecule has 2 aromatic heterocycles. The number of rotatable bonds is 3. The van der Waals surface area contributed by atoms with Gasteiger partial charge in [0.25, 0.3) is 0 Å². The first-order chi connectivity index (χ1) is 11.4. The average Bonchev–Trinajstić information content (AvgIpc) is 3.06. The summed E-state index contributed by atoms with van der Waals surface area (Å²) in [6.45, 7) is 0.0463. The molecule has 3 aromatic rings. The number of aliphatic hydroxyl groups excluding tert-OH is 1. The Labute approximate surface area is 135 Å². The molecule has 1 fully saturated rings.